The molecular formula is C17H14ClFN4O3. The Balaban J connectivity index is 1.91. The van der Waals surface area contributed by atoms with Gasteiger partial charge in [0.1, 0.15) is 11.6 Å². The Morgan fingerprint density at radius 3 is 2.85 bits per heavy atom. The molecule has 4 N–H and O–H groups in total. The Morgan fingerprint density at radius 1 is 1.35 bits per heavy atom. The van der Waals surface area contributed by atoms with Gasteiger partial charge >= 0.3 is 6.09 Å². The highest BCUT2D eigenvalue weighted by molar-refractivity contribution is 6.31. The van der Waals surface area contributed by atoms with Gasteiger partial charge in [0.15, 0.2) is 0 Å². The topological polar surface area (TPSA) is 107 Å². The van der Waals surface area contributed by atoms with Crippen LogP contribution < -0.4 is 16.2 Å². The molecule has 0 spiro atoms. The van der Waals surface area contributed by atoms with Crippen molar-refractivity contribution in [1.82, 2.24) is 9.97 Å². The zero-order valence-electron chi connectivity index (χ0n) is 13.5. The van der Waals surface area contributed by atoms with E-state index in [1.165, 1.54) is 30.5 Å². The zero-order valence-corrected chi connectivity index (χ0v) is 14.3. The van der Waals surface area contributed by atoms with Gasteiger partial charge in [-0.1, -0.05) is 11.6 Å². The molecule has 0 unspecified atom stereocenters. The van der Waals surface area contributed by atoms with Crippen molar-refractivity contribution < 1.29 is 14.3 Å². The van der Waals surface area contributed by atoms with Crippen LogP contribution in [0.3, 0.4) is 0 Å². The van der Waals surface area contributed by atoms with Crippen LogP contribution in [-0.2, 0) is 0 Å². The molecule has 1 amide bonds. The van der Waals surface area contributed by atoms with Gasteiger partial charge in [0.25, 0.3) is 5.56 Å². The quantitative estimate of drug-likeness (QED) is 0.551. The second-order valence-corrected chi connectivity index (χ2v) is 6.04. The molecule has 0 aliphatic carbocycles. The minimum atomic E-state index is -1.19. The third kappa shape index (κ3) is 3.75. The Bertz CT molecular complexity index is 1050. The molecule has 0 saturated heterocycles. The van der Waals surface area contributed by atoms with Crippen LogP contribution in [-0.4, -0.2) is 21.2 Å². The monoisotopic (exact) mass is 376 g/mol. The fourth-order valence-corrected chi connectivity index (χ4v) is 2.72. The molecule has 134 valence electrons. The fourth-order valence-electron chi connectivity index (χ4n) is 2.55. The lowest BCUT2D eigenvalue weighted by Crippen LogP contribution is -2.20. The molecule has 7 nitrogen and oxygen atoms in total. The molecule has 9 heteroatoms. The number of pyridine rings is 2. The summed E-state index contributed by atoms with van der Waals surface area (Å²) in [6.45, 7) is 1.75. The van der Waals surface area contributed by atoms with Crippen molar-refractivity contribution in [2.45, 2.75) is 13.0 Å². The summed E-state index contributed by atoms with van der Waals surface area (Å²) in [4.78, 5) is 29.8. The van der Waals surface area contributed by atoms with E-state index in [-0.39, 0.29) is 10.6 Å². The second kappa shape index (κ2) is 7.01. The maximum atomic E-state index is 13.5. The van der Waals surface area contributed by atoms with Gasteiger partial charge in [0.05, 0.1) is 16.6 Å². The standard InChI is InChI=1S/C17H14ClFN4O3/c1-8(21-15-6-10(2-3-20-15)22-17(25)26)11-4-9-5-12(18)13(19)7-14(9)23-16(11)24/h2-8H,1H3,(H,23,24)(H,25,26)(H2,20,21,22)/t8-/m0/s1. The molecule has 0 bridgehead atoms. The van der Waals surface area contributed by atoms with E-state index < -0.39 is 18.0 Å². The number of aromatic nitrogens is 2. The van der Waals surface area contributed by atoms with E-state index in [0.717, 1.165) is 0 Å². The van der Waals surface area contributed by atoms with Gasteiger partial charge in [0, 0.05) is 28.9 Å². The maximum Gasteiger partial charge on any atom is 0.409 e. The fraction of sp³-hybridized carbons (Fsp3) is 0.118. The number of aromatic amines is 1. The van der Waals surface area contributed by atoms with Gasteiger partial charge in [-0.15, -0.1) is 0 Å². The summed E-state index contributed by atoms with van der Waals surface area (Å²) in [7, 11) is 0. The highest BCUT2D eigenvalue weighted by Gasteiger charge is 2.13. The first-order valence-electron chi connectivity index (χ1n) is 7.58. The average molecular weight is 377 g/mol. The molecule has 0 aliphatic rings. The molecule has 1 atom stereocenters. The summed E-state index contributed by atoms with van der Waals surface area (Å²) in [6, 6.07) is 6.79. The summed E-state index contributed by atoms with van der Waals surface area (Å²) in [5.74, 6) is -0.221. The van der Waals surface area contributed by atoms with Crippen molar-refractivity contribution in [3.05, 3.63) is 63.3 Å². The number of carboxylic acid groups (broad SMARTS) is 1. The number of benzene rings is 1. The van der Waals surface area contributed by atoms with Crippen LogP contribution in [0.4, 0.5) is 20.7 Å². The van der Waals surface area contributed by atoms with Crippen molar-refractivity contribution in [3.8, 4) is 0 Å². The zero-order chi connectivity index (χ0) is 18.8. The molecule has 3 aromatic rings. The molecular weight excluding hydrogens is 363 g/mol. The van der Waals surface area contributed by atoms with E-state index in [1.54, 1.807) is 13.0 Å². The lowest BCUT2D eigenvalue weighted by molar-refractivity contribution is 0.210. The lowest BCUT2D eigenvalue weighted by atomic mass is 10.1. The number of H-pyrrole nitrogens is 1. The molecule has 26 heavy (non-hydrogen) atoms. The van der Waals surface area contributed by atoms with Gasteiger partial charge in [0.2, 0.25) is 0 Å². The average Bonchev–Trinajstić information content (AvgIpc) is 2.55. The van der Waals surface area contributed by atoms with Crippen LogP contribution in [0.2, 0.25) is 5.02 Å². The molecule has 0 fully saturated rings. The number of amides is 1. The van der Waals surface area contributed by atoms with E-state index in [2.05, 4.69) is 20.6 Å². The number of nitrogens with one attached hydrogen (secondary N) is 3. The Hall–Kier alpha value is -3.13. The number of carbonyl (C=O) groups is 1. The van der Waals surface area contributed by atoms with E-state index in [1.807, 2.05) is 0 Å². The van der Waals surface area contributed by atoms with Crippen LogP contribution in [0.5, 0.6) is 0 Å². The van der Waals surface area contributed by atoms with Gasteiger partial charge in [-0.05, 0) is 31.2 Å². The number of nitrogens with zero attached hydrogens (tertiary/aromatic N) is 1. The summed E-state index contributed by atoms with van der Waals surface area (Å²) < 4.78 is 13.5. The maximum absolute atomic E-state index is 13.5. The summed E-state index contributed by atoms with van der Waals surface area (Å²) in [5, 5.41) is 14.6. The second-order valence-electron chi connectivity index (χ2n) is 5.63. The number of fused-ring (bicyclic) bond motifs is 1. The first-order chi connectivity index (χ1) is 12.3. The van der Waals surface area contributed by atoms with Crippen LogP contribution in [0.15, 0.2) is 41.3 Å². The first-order valence-corrected chi connectivity index (χ1v) is 7.96. The third-order valence-corrected chi connectivity index (χ3v) is 4.05. The van der Waals surface area contributed by atoms with Crippen molar-refractivity contribution in [2.24, 2.45) is 0 Å². The van der Waals surface area contributed by atoms with E-state index in [9.17, 15) is 14.0 Å². The van der Waals surface area contributed by atoms with Crippen molar-refractivity contribution in [3.63, 3.8) is 0 Å². The number of anilines is 2. The van der Waals surface area contributed by atoms with E-state index in [0.29, 0.717) is 28.0 Å². The minimum absolute atomic E-state index is 0.0368. The Labute approximate surface area is 151 Å². The molecule has 0 aliphatic heterocycles. The van der Waals surface area contributed by atoms with E-state index >= 15 is 0 Å². The molecule has 0 radical (unpaired) electrons. The van der Waals surface area contributed by atoms with Crippen LogP contribution in [0.25, 0.3) is 10.9 Å². The molecule has 3 rings (SSSR count). The normalized spacial score (nSPS) is 12.0. The molecule has 2 heterocycles. The van der Waals surface area contributed by atoms with Gasteiger partial charge in [-0.2, -0.15) is 0 Å². The van der Waals surface area contributed by atoms with Crippen molar-refractivity contribution in [2.75, 3.05) is 10.6 Å². The third-order valence-electron chi connectivity index (χ3n) is 3.76. The van der Waals surface area contributed by atoms with E-state index in [4.69, 9.17) is 16.7 Å². The highest BCUT2D eigenvalue weighted by Crippen LogP contribution is 2.24. The first kappa shape index (κ1) is 17.7. The predicted molar refractivity (Wildman–Crippen MR) is 97.5 cm³/mol. The predicted octanol–water partition coefficient (Wildman–Crippen LogP) is 3.98. The Kier molecular flexibility index (Phi) is 4.77. The molecule has 2 aromatic heterocycles. The SMILES string of the molecule is C[C@H](Nc1cc(NC(=O)O)ccn1)c1cc2cc(Cl)c(F)cc2[nH]c1=O. The Morgan fingerprint density at radius 2 is 2.12 bits per heavy atom. The van der Waals surface area contributed by atoms with Crippen molar-refractivity contribution >= 4 is 40.1 Å². The minimum Gasteiger partial charge on any atom is -0.465 e. The summed E-state index contributed by atoms with van der Waals surface area (Å²) in [5.41, 5.74) is 0.716. The number of hydrogen-bond acceptors (Lipinski definition) is 4. The molecule has 1 aromatic carbocycles. The highest BCUT2D eigenvalue weighted by atomic mass is 35.5. The lowest BCUT2D eigenvalue weighted by Gasteiger charge is -2.15. The summed E-state index contributed by atoms with van der Waals surface area (Å²) in [6.07, 6.45) is 0.248. The number of halogens is 2. The summed E-state index contributed by atoms with van der Waals surface area (Å²) >= 11 is 5.80. The van der Waals surface area contributed by atoms with Crippen LogP contribution in [0, 0.1) is 5.82 Å². The number of hydrogen-bond donors (Lipinski definition) is 4. The van der Waals surface area contributed by atoms with Gasteiger partial charge in [-0.25, -0.2) is 14.2 Å². The largest absolute Gasteiger partial charge is 0.465 e. The van der Waals surface area contributed by atoms with Crippen LogP contribution in [0.1, 0.15) is 18.5 Å². The number of rotatable bonds is 4. The smallest absolute Gasteiger partial charge is 0.409 e. The van der Waals surface area contributed by atoms with Gasteiger partial charge in [-0.3, -0.25) is 10.1 Å². The van der Waals surface area contributed by atoms with Crippen molar-refractivity contribution in [1.29, 1.82) is 0 Å². The molecule has 0 saturated carbocycles. The van der Waals surface area contributed by atoms with Crippen LogP contribution >= 0.6 is 11.6 Å². The van der Waals surface area contributed by atoms with Gasteiger partial charge < -0.3 is 15.4 Å².